The molecule has 7 nitrogen and oxygen atoms in total. The van der Waals surface area contributed by atoms with Gasteiger partial charge in [0.25, 0.3) is 0 Å². The van der Waals surface area contributed by atoms with Crippen LogP contribution in [-0.2, 0) is 22.6 Å². The van der Waals surface area contributed by atoms with E-state index in [-0.39, 0.29) is 6.04 Å². The van der Waals surface area contributed by atoms with E-state index in [2.05, 4.69) is 29.0 Å². The van der Waals surface area contributed by atoms with Crippen molar-refractivity contribution in [3.63, 3.8) is 0 Å². The second-order valence-corrected chi connectivity index (χ2v) is 6.00. The second kappa shape index (κ2) is 8.35. The smallest absolute Gasteiger partial charge is 0.328 e. The van der Waals surface area contributed by atoms with Gasteiger partial charge in [-0.15, -0.1) is 0 Å². The Morgan fingerprint density at radius 1 is 1.23 bits per heavy atom. The minimum Gasteiger partial charge on any atom is -0.496 e. The Labute approximate surface area is 151 Å². The summed E-state index contributed by atoms with van der Waals surface area (Å²) in [5.41, 5.74) is 11.1. The van der Waals surface area contributed by atoms with Crippen LogP contribution in [0.25, 0.3) is 11.3 Å². The van der Waals surface area contributed by atoms with Crippen molar-refractivity contribution < 1.29 is 24.5 Å². The fourth-order valence-corrected chi connectivity index (χ4v) is 2.94. The van der Waals surface area contributed by atoms with Gasteiger partial charge in [-0.1, -0.05) is 12.1 Å². The van der Waals surface area contributed by atoms with Gasteiger partial charge in [0.2, 0.25) is 0 Å². The molecule has 2 aromatic rings. The monoisotopic (exact) mass is 358 g/mol. The number of rotatable bonds is 5. The molecule has 0 amide bonds. The van der Waals surface area contributed by atoms with Gasteiger partial charge in [-0.2, -0.15) is 0 Å². The van der Waals surface area contributed by atoms with Gasteiger partial charge < -0.3 is 25.3 Å². The number of benzene rings is 1. The Hall–Kier alpha value is -3.06. The largest absolute Gasteiger partial charge is 0.496 e. The Kier molecular flexibility index (Phi) is 6.19. The average molecular weight is 358 g/mol. The van der Waals surface area contributed by atoms with Crippen LogP contribution >= 0.6 is 0 Å². The maximum Gasteiger partial charge on any atom is 0.328 e. The molecule has 1 atom stereocenters. The first-order valence-corrected chi connectivity index (χ1v) is 8.07. The van der Waals surface area contributed by atoms with Crippen molar-refractivity contribution in [2.75, 3.05) is 7.11 Å². The Morgan fingerprint density at radius 3 is 2.42 bits per heavy atom. The fraction of sp³-hybridized carbons (Fsp3) is 0.263. The summed E-state index contributed by atoms with van der Waals surface area (Å²) in [6.07, 6.45) is 4.24. The molecule has 1 heterocycles. The number of aromatic nitrogens is 1. The van der Waals surface area contributed by atoms with E-state index in [4.69, 9.17) is 20.7 Å². The Bertz CT molecular complexity index is 820. The molecule has 0 saturated heterocycles. The summed E-state index contributed by atoms with van der Waals surface area (Å²) in [4.78, 5) is 19.1. The van der Waals surface area contributed by atoms with Gasteiger partial charge in [0, 0.05) is 42.9 Å². The van der Waals surface area contributed by atoms with Crippen LogP contribution in [0.4, 0.5) is 0 Å². The second-order valence-electron chi connectivity index (χ2n) is 6.00. The van der Waals surface area contributed by atoms with E-state index in [1.165, 1.54) is 22.4 Å². The highest BCUT2D eigenvalue weighted by Gasteiger charge is 2.25. The summed E-state index contributed by atoms with van der Waals surface area (Å²) >= 11 is 0. The lowest BCUT2D eigenvalue weighted by atomic mass is 10.1. The molecular weight excluding hydrogens is 336 g/mol. The van der Waals surface area contributed by atoms with Crippen LogP contribution in [0.1, 0.15) is 18.1 Å². The fourth-order valence-electron chi connectivity index (χ4n) is 2.94. The zero-order valence-corrected chi connectivity index (χ0v) is 14.7. The van der Waals surface area contributed by atoms with Crippen molar-refractivity contribution in [3.05, 3.63) is 53.7 Å². The number of methoxy groups -OCH3 is 1. The summed E-state index contributed by atoms with van der Waals surface area (Å²) < 4.78 is 7.74. The number of carboxylic acid groups (broad SMARTS) is 2. The van der Waals surface area contributed by atoms with Gasteiger partial charge in [0.05, 0.1) is 12.8 Å². The molecule has 1 aromatic carbocycles. The number of hydrogen-bond acceptors (Lipinski definition) is 4. The van der Waals surface area contributed by atoms with Gasteiger partial charge in [-0.3, -0.25) is 0 Å². The molecule has 0 saturated carbocycles. The van der Waals surface area contributed by atoms with Crippen molar-refractivity contribution in [1.82, 2.24) is 4.57 Å². The van der Waals surface area contributed by atoms with Gasteiger partial charge in [0.1, 0.15) is 5.75 Å². The Morgan fingerprint density at radius 2 is 1.88 bits per heavy atom. The standard InChI is InChI=1S/C15H18N2O.C4H4O4/c1-10(16)9-17-7-6-12-8-11-4-3-5-13(18-2)14(11)15(12)17;5-3(6)1-2-4(7)8/h3-7,10H,8-9,16H2,1-2H3;1-2H,(H,5,6)(H,7,8). The normalized spacial score (nSPS) is 12.7. The van der Waals surface area contributed by atoms with E-state index in [0.29, 0.717) is 12.2 Å². The minimum absolute atomic E-state index is 0.153. The molecule has 0 radical (unpaired) electrons. The predicted octanol–water partition coefficient (Wildman–Crippen LogP) is 2.13. The predicted molar refractivity (Wildman–Crippen MR) is 97.3 cm³/mol. The molecule has 26 heavy (non-hydrogen) atoms. The first kappa shape index (κ1) is 19.3. The topological polar surface area (TPSA) is 115 Å². The van der Waals surface area contributed by atoms with E-state index in [1.54, 1.807) is 7.11 Å². The number of ether oxygens (including phenoxy) is 1. The number of aliphatic carboxylic acids is 2. The molecule has 3 rings (SSSR count). The van der Waals surface area contributed by atoms with Gasteiger partial charge >= 0.3 is 11.9 Å². The lowest BCUT2D eigenvalue weighted by Crippen LogP contribution is -2.22. The van der Waals surface area contributed by atoms with Crippen molar-refractivity contribution >= 4 is 11.9 Å². The number of fused-ring (bicyclic) bond motifs is 3. The molecule has 4 N–H and O–H groups in total. The van der Waals surface area contributed by atoms with Crippen LogP contribution in [0.2, 0.25) is 0 Å². The average Bonchev–Trinajstić information content (AvgIpc) is 3.12. The summed E-state index contributed by atoms with van der Waals surface area (Å²) in [7, 11) is 1.73. The number of nitrogens with two attached hydrogens (primary N) is 1. The zero-order valence-electron chi connectivity index (χ0n) is 14.7. The summed E-state index contributed by atoms with van der Waals surface area (Å²) in [5.74, 6) is -1.56. The third-order valence-electron chi connectivity index (χ3n) is 3.85. The van der Waals surface area contributed by atoms with Gasteiger partial charge in [-0.05, 0) is 30.2 Å². The molecular formula is C19H22N2O5. The van der Waals surface area contributed by atoms with Gasteiger partial charge in [-0.25, -0.2) is 9.59 Å². The molecule has 1 unspecified atom stereocenters. The molecule has 7 heteroatoms. The van der Waals surface area contributed by atoms with Crippen molar-refractivity contribution in [2.45, 2.75) is 25.9 Å². The van der Waals surface area contributed by atoms with Crippen molar-refractivity contribution in [2.24, 2.45) is 5.73 Å². The number of carbonyl (C=O) groups is 2. The molecule has 1 aromatic heterocycles. The lowest BCUT2D eigenvalue weighted by Gasteiger charge is -2.14. The lowest BCUT2D eigenvalue weighted by molar-refractivity contribution is -0.134. The molecule has 1 aliphatic rings. The molecule has 1 aliphatic carbocycles. The molecule has 0 fully saturated rings. The third-order valence-corrected chi connectivity index (χ3v) is 3.85. The van der Waals surface area contributed by atoms with Crippen LogP contribution < -0.4 is 10.5 Å². The Balaban J connectivity index is 0.000000260. The summed E-state index contributed by atoms with van der Waals surface area (Å²) in [6, 6.07) is 8.60. The van der Waals surface area contributed by atoms with Crippen molar-refractivity contribution in [1.29, 1.82) is 0 Å². The SMILES string of the molecule is COc1cccc2c1-c1c(ccn1CC(C)N)C2.O=C(O)C=CC(=O)O. The highest BCUT2D eigenvalue weighted by Crippen LogP contribution is 2.42. The van der Waals surface area contributed by atoms with E-state index in [1.807, 2.05) is 13.0 Å². The van der Waals surface area contributed by atoms with E-state index in [0.717, 1.165) is 18.7 Å². The summed E-state index contributed by atoms with van der Waals surface area (Å²) in [6.45, 7) is 2.87. The highest BCUT2D eigenvalue weighted by atomic mass is 16.5. The zero-order chi connectivity index (χ0) is 19.3. The number of hydrogen-bond donors (Lipinski definition) is 3. The first-order chi connectivity index (χ1) is 12.3. The van der Waals surface area contributed by atoms with E-state index < -0.39 is 11.9 Å². The van der Waals surface area contributed by atoms with Crippen LogP contribution in [-0.4, -0.2) is 39.9 Å². The molecule has 0 spiro atoms. The number of nitrogens with zero attached hydrogens (tertiary/aromatic N) is 1. The highest BCUT2D eigenvalue weighted by molar-refractivity contribution is 5.89. The third kappa shape index (κ3) is 4.52. The molecule has 0 bridgehead atoms. The molecule has 0 aliphatic heterocycles. The van der Waals surface area contributed by atoms with Crippen molar-refractivity contribution in [3.8, 4) is 17.0 Å². The van der Waals surface area contributed by atoms with Crippen LogP contribution in [0.15, 0.2) is 42.6 Å². The van der Waals surface area contributed by atoms with Crippen LogP contribution in [0.5, 0.6) is 5.75 Å². The van der Waals surface area contributed by atoms with E-state index >= 15 is 0 Å². The van der Waals surface area contributed by atoms with Crippen LogP contribution in [0.3, 0.4) is 0 Å². The first-order valence-electron chi connectivity index (χ1n) is 8.07. The molecule has 138 valence electrons. The maximum atomic E-state index is 9.55. The van der Waals surface area contributed by atoms with E-state index in [9.17, 15) is 9.59 Å². The minimum atomic E-state index is -1.26. The quantitative estimate of drug-likeness (QED) is 0.602. The van der Waals surface area contributed by atoms with Gasteiger partial charge in [0.15, 0.2) is 0 Å². The maximum absolute atomic E-state index is 9.55. The summed E-state index contributed by atoms with van der Waals surface area (Å²) in [5, 5.41) is 15.6. The number of carboxylic acids is 2. The van der Waals surface area contributed by atoms with Crippen LogP contribution in [0, 0.1) is 0 Å².